The molecule has 43 heavy (non-hydrogen) atoms. The number of hydrogen-bond donors (Lipinski definition) is 2. The molecular formula is C31H35F6N3O3. The summed E-state index contributed by atoms with van der Waals surface area (Å²) in [5, 5.41) is 20.1. The summed E-state index contributed by atoms with van der Waals surface area (Å²) in [6, 6.07) is 14.7. The predicted octanol–water partition coefficient (Wildman–Crippen LogP) is 5.88. The van der Waals surface area contributed by atoms with Crippen LogP contribution in [-0.2, 0) is 23.4 Å². The number of aliphatic hydroxyl groups excluding tert-OH is 1. The second-order valence-electron chi connectivity index (χ2n) is 11.1. The quantitative estimate of drug-likeness (QED) is 0.221. The molecule has 2 N–H and O–H groups in total. The highest BCUT2D eigenvalue weighted by atomic mass is 19.4. The lowest BCUT2D eigenvalue weighted by Crippen LogP contribution is -2.53. The standard InChI is InChI=1S/C31H35F6N3O3/c1-21(2)43-28(41)17-27-20-39(15-16-40(27)19-23-11-13-38-14-12-23)18-22-3-5-24(6-4-22)25-7-9-26(10-8-25)29(42,30(32,33)34)31(35,36)37/h3-14,21,27-28,41-42H,15-20H2,1-2H3. The summed E-state index contributed by atoms with van der Waals surface area (Å²) in [7, 11) is 0. The van der Waals surface area contributed by atoms with Crippen LogP contribution in [0.1, 0.15) is 37.0 Å². The Bertz CT molecular complexity index is 1290. The van der Waals surface area contributed by atoms with Gasteiger partial charge in [0.05, 0.1) is 6.10 Å². The van der Waals surface area contributed by atoms with Crippen LogP contribution in [0.5, 0.6) is 0 Å². The van der Waals surface area contributed by atoms with E-state index in [-0.39, 0.29) is 12.1 Å². The summed E-state index contributed by atoms with van der Waals surface area (Å²) in [5.74, 6) is 0. The molecular weight excluding hydrogens is 576 g/mol. The molecule has 6 nitrogen and oxygen atoms in total. The van der Waals surface area contributed by atoms with Gasteiger partial charge in [0.2, 0.25) is 0 Å². The minimum Gasteiger partial charge on any atom is -0.369 e. The van der Waals surface area contributed by atoms with E-state index in [4.69, 9.17) is 4.74 Å². The molecule has 1 saturated heterocycles. The predicted molar refractivity (Wildman–Crippen MR) is 148 cm³/mol. The van der Waals surface area contributed by atoms with Crippen molar-refractivity contribution in [1.82, 2.24) is 14.8 Å². The maximum Gasteiger partial charge on any atom is 0.430 e. The number of aliphatic hydroxyl groups is 2. The fraction of sp³-hybridized carbons (Fsp3) is 0.452. The number of hydrogen-bond acceptors (Lipinski definition) is 6. The molecule has 12 heteroatoms. The fourth-order valence-corrected chi connectivity index (χ4v) is 5.31. The number of benzene rings is 2. The van der Waals surface area contributed by atoms with Crippen LogP contribution in [0.25, 0.3) is 11.1 Å². The summed E-state index contributed by atoms with van der Waals surface area (Å²) in [5.41, 5.74) is -3.14. The molecule has 2 heterocycles. The van der Waals surface area contributed by atoms with Crippen molar-refractivity contribution in [3.05, 3.63) is 89.7 Å². The Morgan fingerprint density at radius 3 is 1.88 bits per heavy atom. The summed E-state index contributed by atoms with van der Waals surface area (Å²) in [6.45, 7) is 7.31. The third kappa shape index (κ3) is 7.93. The lowest BCUT2D eigenvalue weighted by molar-refractivity contribution is -0.376. The molecule has 2 aromatic carbocycles. The molecule has 1 aliphatic rings. The highest BCUT2D eigenvalue weighted by Crippen LogP contribution is 2.50. The molecule has 1 fully saturated rings. The Morgan fingerprint density at radius 1 is 0.814 bits per heavy atom. The van der Waals surface area contributed by atoms with Crippen molar-refractivity contribution in [2.75, 3.05) is 19.6 Å². The highest BCUT2D eigenvalue weighted by Gasteiger charge is 2.71. The van der Waals surface area contributed by atoms with Gasteiger partial charge >= 0.3 is 12.4 Å². The largest absolute Gasteiger partial charge is 0.430 e. The molecule has 0 spiro atoms. The summed E-state index contributed by atoms with van der Waals surface area (Å²) in [4.78, 5) is 8.67. The van der Waals surface area contributed by atoms with Crippen LogP contribution in [0.3, 0.4) is 0 Å². The Morgan fingerprint density at radius 2 is 1.35 bits per heavy atom. The van der Waals surface area contributed by atoms with E-state index in [2.05, 4.69) is 14.8 Å². The molecule has 0 saturated carbocycles. The van der Waals surface area contributed by atoms with Crippen LogP contribution < -0.4 is 0 Å². The van der Waals surface area contributed by atoms with Gasteiger partial charge in [-0.25, -0.2) is 0 Å². The maximum atomic E-state index is 13.2. The summed E-state index contributed by atoms with van der Waals surface area (Å²) >= 11 is 0. The van der Waals surface area contributed by atoms with Crippen LogP contribution in [0.2, 0.25) is 0 Å². The molecule has 4 rings (SSSR count). The highest BCUT2D eigenvalue weighted by molar-refractivity contribution is 5.64. The third-order valence-corrected chi connectivity index (χ3v) is 7.54. The minimum atomic E-state index is -5.93. The topological polar surface area (TPSA) is 69.1 Å². The van der Waals surface area contributed by atoms with E-state index in [0.717, 1.165) is 36.3 Å². The van der Waals surface area contributed by atoms with Crippen molar-refractivity contribution >= 4 is 0 Å². The smallest absolute Gasteiger partial charge is 0.369 e. The molecule has 2 unspecified atom stereocenters. The average molecular weight is 612 g/mol. The molecule has 0 amide bonds. The van der Waals surface area contributed by atoms with Crippen molar-refractivity contribution in [1.29, 1.82) is 0 Å². The van der Waals surface area contributed by atoms with Crippen molar-refractivity contribution in [3.63, 3.8) is 0 Å². The molecule has 0 aliphatic carbocycles. The Labute approximate surface area is 246 Å². The number of alkyl halides is 6. The molecule has 1 aromatic heterocycles. The second-order valence-corrected chi connectivity index (χ2v) is 11.1. The molecule has 0 bridgehead atoms. The number of piperazine rings is 1. The molecule has 0 radical (unpaired) electrons. The number of pyridine rings is 1. The summed E-state index contributed by atoms with van der Waals surface area (Å²) < 4.78 is 84.8. The van der Waals surface area contributed by atoms with Crippen molar-refractivity contribution in [2.24, 2.45) is 0 Å². The van der Waals surface area contributed by atoms with Crippen LogP contribution >= 0.6 is 0 Å². The average Bonchev–Trinajstić information content (AvgIpc) is 2.93. The zero-order valence-electron chi connectivity index (χ0n) is 23.8. The van der Waals surface area contributed by atoms with E-state index in [9.17, 15) is 36.6 Å². The van der Waals surface area contributed by atoms with Gasteiger partial charge in [0.25, 0.3) is 5.60 Å². The van der Waals surface area contributed by atoms with Gasteiger partial charge in [0.1, 0.15) is 0 Å². The molecule has 1 aliphatic heterocycles. The Kier molecular flexibility index (Phi) is 10.2. The third-order valence-electron chi connectivity index (χ3n) is 7.54. The number of ether oxygens (including phenoxy) is 1. The first kappa shape index (κ1) is 32.9. The first-order valence-electron chi connectivity index (χ1n) is 13.9. The number of rotatable bonds is 10. The monoisotopic (exact) mass is 611 g/mol. The van der Waals surface area contributed by atoms with Gasteiger partial charge in [-0.3, -0.25) is 14.8 Å². The van der Waals surface area contributed by atoms with Crippen LogP contribution in [-0.4, -0.2) is 75.4 Å². The zero-order valence-corrected chi connectivity index (χ0v) is 23.8. The molecule has 3 aromatic rings. The van der Waals surface area contributed by atoms with Crippen molar-refractivity contribution in [2.45, 2.75) is 69.7 Å². The molecule has 2 atom stereocenters. The van der Waals surface area contributed by atoms with Crippen molar-refractivity contribution < 1.29 is 41.3 Å². The van der Waals surface area contributed by atoms with Crippen LogP contribution in [0, 0.1) is 0 Å². The van der Waals surface area contributed by atoms with Crippen molar-refractivity contribution in [3.8, 4) is 11.1 Å². The minimum absolute atomic E-state index is 0.0282. The van der Waals surface area contributed by atoms with Gasteiger partial charge in [-0.2, -0.15) is 26.3 Å². The molecule has 234 valence electrons. The fourth-order valence-electron chi connectivity index (χ4n) is 5.31. The lowest BCUT2D eigenvalue weighted by atomic mass is 9.90. The van der Waals surface area contributed by atoms with E-state index in [1.54, 1.807) is 24.5 Å². The van der Waals surface area contributed by atoms with Crippen LogP contribution in [0.4, 0.5) is 26.3 Å². The maximum absolute atomic E-state index is 13.2. The van der Waals surface area contributed by atoms with Gasteiger partial charge in [-0.15, -0.1) is 0 Å². The van der Waals surface area contributed by atoms with E-state index in [1.165, 1.54) is 0 Å². The number of nitrogens with zero attached hydrogens (tertiary/aromatic N) is 3. The van der Waals surface area contributed by atoms with E-state index >= 15 is 0 Å². The van der Waals surface area contributed by atoms with E-state index < -0.39 is 29.8 Å². The van der Waals surface area contributed by atoms with E-state index in [1.807, 2.05) is 38.1 Å². The van der Waals surface area contributed by atoms with E-state index in [0.29, 0.717) is 49.3 Å². The number of halogens is 6. The number of aromatic nitrogens is 1. The Balaban J connectivity index is 1.43. The first-order chi connectivity index (χ1) is 20.2. The van der Waals surface area contributed by atoms with Gasteiger partial charge in [0, 0.05) is 63.1 Å². The lowest BCUT2D eigenvalue weighted by Gasteiger charge is -2.42. The Hall–Kier alpha value is -3.03. The van der Waals surface area contributed by atoms with Gasteiger partial charge in [-0.1, -0.05) is 48.5 Å². The normalized spacial score (nSPS) is 18.3. The van der Waals surface area contributed by atoms with Gasteiger partial charge in [-0.05, 0) is 48.2 Å². The second kappa shape index (κ2) is 13.3. The van der Waals surface area contributed by atoms with Gasteiger partial charge < -0.3 is 14.9 Å². The van der Waals surface area contributed by atoms with Crippen LogP contribution in [0.15, 0.2) is 73.1 Å². The SMILES string of the molecule is CC(C)OC(O)CC1CN(Cc2ccc(-c3ccc(C(O)(C(F)(F)F)C(F)(F)F)cc3)cc2)CCN1Cc1ccncc1. The summed E-state index contributed by atoms with van der Waals surface area (Å²) in [6.07, 6.45) is -8.95. The first-order valence-corrected chi connectivity index (χ1v) is 13.9. The van der Waals surface area contributed by atoms with Gasteiger partial charge in [0.15, 0.2) is 6.29 Å². The zero-order chi connectivity index (χ0) is 31.4.